The van der Waals surface area contributed by atoms with Gasteiger partial charge in [0.2, 0.25) is 5.12 Å². The lowest BCUT2D eigenvalue weighted by Crippen LogP contribution is -2.07. The summed E-state index contributed by atoms with van der Waals surface area (Å²) in [6.07, 6.45) is 0.924. The van der Waals surface area contributed by atoms with Crippen molar-refractivity contribution < 1.29 is 14.3 Å². The third-order valence-electron chi connectivity index (χ3n) is 1.79. The molecular weight excluding hydrogens is 226 g/mol. The van der Waals surface area contributed by atoms with E-state index < -0.39 is 5.97 Å². The van der Waals surface area contributed by atoms with E-state index in [-0.39, 0.29) is 10.8 Å². The fourth-order valence-corrected chi connectivity index (χ4v) is 1.69. The van der Waals surface area contributed by atoms with Gasteiger partial charge in [-0.3, -0.25) is 4.79 Å². The highest BCUT2D eigenvalue weighted by Gasteiger charge is 2.12. The van der Waals surface area contributed by atoms with Gasteiger partial charge >= 0.3 is 5.97 Å². The SMILES string of the molecule is CCCSC(=O)c1cccc(C(=O)OC)n1. The van der Waals surface area contributed by atoms with E-state index in [0.29, 0.717) is 5.69 Å². The summed E-state index contributed by atoms with van der Waals surface area (Å²) in [6, 6.07) is 4.74. The Hall–Kier alpha value is -1.36. The molecule has 1 aromatic rings. The summed E-state index contributed by atoms with van der Waals surface area (Å²) in [6.45, 7) is 2.00. The van der Waals surface area contributed by atoms with Crippen LogP contribution < -0.4 is 0 Å². The summed E-state index contributed by atoms with van der Waals surface area (Å²) < 4.78 is 4.53. The minimum Gasteiger partial charge on any atom is -0.464 e. The standard InChI is InChI=1S/C11H13NO3S/c1-3-7-16-11(14)9-6-4-5-8(12-9)10(13)15-2/h4-6H,3,7H2,1-2H3. The first kappa shape index (κ1) is 12.7. The van der Waals surface area contributed by atoms with Crippen molar-refractivity contribution in [1.82, 2.24) is 4.98 Å². The van der Waals surface area contributed by atoms with E-state index in [4.69, 9.17) is 0 Å². The fourth-order valence-electron chi connectivity index (χ4n) is 1.04. The molecule has 1 heterocycles. The topological polar surface area (TPSA) is 56.3 Å². The van der Waals surface area contributed by atoms with E-state index >= 15 is 0 Å². The molecule has 4 nitrogen and oxygen atoms in total. The Kier molecular flexibility index (Phi) is 4.98. The molecule has 0 aliphatic rings. The molecule has 0 spiro atoms. The molecule has 0 fully saturated rings. The Bertz CT molecular complexity index is 393. The maximum Gasteiger partial charge on any atom is 0.356 e. The number of rotatable bonds is 4. The third kappa shape index (κ3) is 3.34. The van der Waals surface area contributed by atoms with E-state index in [2.05, 4.69) is 9.72 Å². The normalized spacial score (nSPS) is 9.88. The maximum atomic E-state index is 11.6. The van der Waals surface area contributed by atoms with Gasteiger partial charge in [0.1, 0.15) is 11.4 Å². The first-order chi connectivity index (χ1) is 7.69. The van der Waals surface area contributed by atoms with E-state index in [1.165, 1.54) is 24.9 Å². The molecular formula is C11H13NO3S. The van der Waals surface area contributed by atoms with Crippen LogP contribution in [-0.4, -0.2) is 28.9 Å². The lowest BCUT2D eigenvalue weighted by molar-refractivity contribution is 0.0594. The quantitative estimate of drug-likeness (QED) is 0.753. The van der Waals surface area contributed by atoms with Crippen LogP contribution in [-0.2, 0) is 4.74 Å². The summed E-state index contributed by atoms with van der Waals surface area (Å²) >= 11 is 1.20. The van der Waals surface area contributed by atoms with Gasteiger partial charge in [0.15, 0.2) is 0 Å². The molecule has 0 unspecified atom stereocenters. The summed E-state index contributed by atoms with van der Waals surface area (Å²) in [5.41, 5.74) is 0.451. The lowest BCUT2D eigenvalue weighted by atomic mass is 10.3. The molecule has 86 valence electrons. The first-order valence-corrected chi connectivity index (χ1v) is 5.90. The summed E-state index contributed by atoms with van der Waals surface area (Å²) in [5, 5.41) is -0.118. The Morgan fingerprint density at radius 2 is 2.06 bits per heavy atom. The van der Waals surface area contributed by atoms with Gasteiger partial charge in [-0.2, -0.15) is 0 Å². The fraction of sp³-hybridized carbons (Fsp3) is 0.364. The van der Waals surface area contributed by atoms with Gasteiger partial charge in [-0.25, -0.2) is 9.78 Å². The minimum atomic E-state index is -0.532. The van der Waals surface area contributed by atoms with E-state index in [0.717, 1.165) is 12.2 Å². The van der Waals surface area contributed by atoms with Gasteiger partial charge in [0.25, 0.3) is 0 Å². The molecule has 0 aliphatic carbocycles. The molecule has 0 bridgehead atoms. The highest BCUT2D eigenvalue weighted by atomic mass is 32.2. The number of hydrogen-bond acceptors (Lipinski definition) is 5. The van der Waals surface area contributed by atoms with Crippen molar-refractivity contribution in [2.45, 2.75) is 13.3 Å². The molecule has 1 rings (SSSR count). The van der Waals surface area contributed by atoms with Crippen LogP contribution in [0.25, 0.3) is 0 Å². The second kappa shape index (κ2) is 6.27. The van der Waals surface area contributed by atoms with Gasteiger partial charge in [-0.1, -0.05) is 24.8 Å². The number of carbonyl (C=O) groups is 2. The third-order valence-corrected chi connectivity index (χ3v) is 2.87. The molecule has 0 saturated heterocycles. The zero-order valence-electron chi connectivity index (χ0n) is 9.23. The van der Waals surface area contributed by atoms with Crippen LogP contribution >= 0.6 is 11.8 Å². The van der Waals surface area contributed by atoms with E-state index in [1.807, 2.05) is 6.92 Å². The minimum absolute atomic E-state index is 0.118. The number of carbonyl (C=O) groups excluding carboxylic acids is 2. The summed E-state index contributed by atoms with van der Waals surface area (Å²) in [4.78, 5) is 26.8. The number of methoxy groups -OCH3 is 1. The van der Waals surface area contributed by atoms with E-state index in [1.54, 1.807) is 12.1 Å². The van der Waals surface area contributed by atoms with Crippen LogP contribution in [0.5, 0.6) is 0 Å². The Labute approximate surface area is 98.4 Å². The van der Waals surface area contributed by atoms with Crippen molar-refractivity contribution in [1.29, 1.82) is 0 Å². The zero-order chi connectivity index (χ0) is 12.0. The second-order valence-corrected chi connectivity index (χ2v) is 4.10. The largest absolute Gasteiger partial charge is 0.464 e. The monoisotopic (exact) mass is 239 g/mol. The van der Waals surface area contributed by atoms with Crippen molar-refractivity contribution in [2.75, 3.05) is 12.9 Å². The number of aromatic nitrogens is 1. The molecule has 0 radical (unpaired) electrons. The van der Waals surface area contributed by atoms with Crippen LogP contribution in [0, 0.1) is 0 Å². The molecule has 5 heteroatoms. The van der Waals surface area contributed by atoms with Crippen molar-refractivity contribution in [3.63, 3.8) is 0 Å². The molecule has 1 aromatic heterocycles. The van der Waals surface area contributed by atoms with Gasteiger partial charge in [0, 0.05) is 5.75 Å². The zero-order valence-corrected chi connectivity index (χ0v) is 10.0. The second-order valence-electron chi connectivity index (χ2n) is 3.04. The highest BCUT2D eigenvalue weighted by Crippen LogP contribution is 2.12. The number of thioether (sulfide) groups is 1. The summed E-state index contributed by atoms with van der Waals surface area (Å²) in [7, 11) is 1.28. The van der Waals surface area contributed by atoms with Crippen molar-refractivity contribution in [3.05, 3.63) is 29.6 Å². The Morgan fingerprint density at radius 3 is 2.69 bits per heavy atom. The van der Waals surface area contributed by atoms with Gasteiger partial charge in [-0.05, 0) is 18.6 Å². The molecule has 0 atom stereocenters. The number of hydrogen-bond donors (Lipinski definition) is 0. The van der Waals surface area contributed by atoms with Crippen LogP contribution in [0.4, 0.5) is 0 Å². The maximum absolute atomic E-state index is 11.6. The molecule has 0 N–H and O–H groups in total. The molecule has 0 aromatic carbocycles. The molecule has 0 amide bonds. The van der Waals surface area contributed by atoms with Crippen LogP contribution in [0.3, 0.4) is 0 Å². The van der Waals surface area contributed by atoms with Crippen molar-refractivity contribution >= 4 is 22.8 Å². The number of pyridine rings is 1. The Balaban J connectivity index is 2.81. The molecule has 0 aliphatic heterocycles. The number of ether oxygens (including phenoxy) is 1. The van der Waals surface area contributed by atoms with Gasteiger partial charge in [-0.15, -0.1) is 0 Å². The molecule has 16 heavy (non-hydrogen) atoms. The highest BCUT2D eigenvalue weighted by molar-refractivity contribution is 8.14. The smallest absolute Gasteiger partial charge is 0.356 e. The Morgan fingerprint density at radius 1 is 1.38 bits per heavy atom. The van der Waals surface area contributed by atoms with Crippen LogP contribution in [0.1, 0.15) is 34.3 Å². The van der Waals surface area contributed by atoms with Crippen LogP contribution in [0.2, 0.25) is 0 Å². The average Bonchev–Trinajstić information content (AvgIpc) is 2.35. The first-order valence-electron chi connectivity index (χ1n) is 4.91. The molecule has 0 saturated carbocycles. The van der Waals surface area contributed by atoms with Crippen molar-refractivity contribution in [2.24, 2.45) is 0 Å². The summed E-state index contributed by atoms with van der Waals surface area (Å²) in [5.74, 6) is 0.221. The van der Waals surface area contributed by atoms with Crippen LogP contribution in [0.15, 0.2) is 18.2 Å². The number of esters is 1. The van der Waals surface area contributed by atoms with Crippen molar-refractivity contribution in [3.8, 4) is 0 Å². The lowest BCUT2D eigenvalue weighted by Gasteiger charge is -2.01. The van der Waals surface area contributed by atoms with Gasteiger partial charge < -0.3 is 4.74 Å². The van der Waals surface area contributed by atoms with Gasteiger partial charge in [0.05, 0.1) is 7.11 Å². The van der Waals surface area contributed by atoms with E-state index in [9.17, 15) is 9.59 Å². The predicted molar refractivity (Wildman–Crippen MR) is 62.7 cm³/mol. The number of nitrogens with zero attached hydrogens (tertiary/aromatic N) is 1. The average molecular weight is 239 g/mol. The predicted octanol–water partition coefficient (Wildman–Crippen LogP) is 2.15.